The maximum Gasteiger partial charge on any atom is 0.222 e. The van der Waals surface area contributed by atoms with E-state index in [1.807, 2.05) is 6.08 Å². The summed E-state index contributed by atoms with van der Waals surface area (Å²) in [5, 5.41) is 33.2. The zero-order valence-electron chi connectivity index (χ0n) is 38.5. The van der Waals surface area contributed by atoms with E-state index in [0.717, 1.165) is 32.1 Å². The van der Waals surface area contributed by atoms with Gasteiger partial charge in [-0.15, -0.1) is 0 Å². The second kappa shape index (κ2) is 47.5. The topological polar surface area (TPSA) is 89.8 Å². The molecule has 4 N–H and O–H groups in total. The molecule has 0 saturated carbocycles. The minimum absolute atomic E-state index is 0.00982. The summed E-state index contributed by atoms with van der Waals surface area (Å²) in [6.07, 6.45) is 59.4. The zero-order chi connectivity index (χ0) is 41.5. The fraction of sp³-hybridized carbons (Fsp3) is 0.904. The summed E-state index contributed by atoms with van der Waals surface area (Å²) in [5.41, 5.74) is 0. The molecule has 0 fully saturated rings. The van der Waals surface area contributed by atoms with Crippen LogP contribution in [0.3, 0.4) is 0 Å². The molecule has 0 aromatic heterocycles. The SMILES string of the molecule is CCCCCCCC/C=C/CC/C=C/C(O)C(CO)NC(=O)CC(O)CCCCCCCCCCCCCCCCCCCCCCCCCCCCCCCC. The van der Waals surface area contributed by atoms with Gasteiger partial charge in [-0.3, -0.25) is 4.79 Å². The van der Waals surface area contributed by atoms with Crippen LogP contribution in [0, 0.1) is 0 Å². The summed E-state index contributed by atoms with van der Waals surface area (Å²) in [7, 11) is 0. The maximum atomic E-state index is 12.4. The molecule has 3 unspecified atom stereocenters. The van der Waals surface area contributed by atoms with Crippen molar-refractivity contribution in [2.45, 2.75) is 295 Å². The van der Waals surface area contributed by atoms with Gasteiger partial charge in [0.25, 0.3) is 0 Å². The monoisotopic (exact) mass is 804 g/mol. The van der Waals surface area contributed by atoms with Crippen molar-refractivity contribution in [3.63, 3.8) is 0 Å². The van der Waals surface area contributed by atoms with Crippen LogP contribution in [0.5, 0.6) is 0 Å². The number of hydrogen-bond acceptors (Lipinski definition) is 4. The van der Waals surface area contributed by atoms with E-state index in [1.54, 1.807) is 6.08 Å². The fourth-order valence-electron chi connectivity index (χ4n) is 8.06. The zero-order valence-corrected chi connectivity index (χ0v) is 38.5. The van der Waals surface area contributed by atoms with Crippen molar-refractivity contribution in [1.29, 1.82) is 0 Å². The number of rotatable bonds is 47. The summed E-state index contributed by atoms with van der Waals surface area (Å²) in [5.74, 6) is -0.322. The summed E-state index contributed by atoms with van der Waals surface area (Å²) in [6, 6.07) is -0.757. The summed E-state index contributed by atoms with van der Waals surface area (Å²) in [6.45, 7) is 4.20. The first-order chi connectivity index (χ1) is 28.0. The lowest BCUT2D eigenvalue weighted by molar-refractivity contribution is -0.124. The number of unbranched alkanes of at least 4 members (excludes halogenated alkanes) is 36. The summed E-state index contributed by atoms with van der Waals surface area (Å²) < 4.78 is 0. The first-order valence-corrected chi connectivity index (χ1v) is 25.6. The maximum absolute atomic E-state index is 12.4. The van der Waals surface area contributed by atoms with Crippen LogP contribution in [-0.2, 0) is 4.79 Å². The number of aliphatic hydroxyl groups excluding tert-OH is 3. The van der Waals surface area contributed by atoms with Gasteiger partial charge in [-0.2, -0.15) is 0 Å². The Morgan fingerprint density at radius 1 is 0.439 bits per heavy atom. The molecular formula is C52H101NO4. The molecule has 5 nitrogen and oxygen atoms in total. The molecule has 0 aliphatic heterocycles. The van der Waals surface area contributed by atoms with Crippen molar-refractivity contribution in [2.75, 3.05) is 6.61 Å². The van der Waals surface area contributed by atoms with Crippen LogP contribution < -0.4 is 5.32 Å². The molecule has 3 atom stereocenters. The second-order valence-corrected chi connectivity index (χ2v) is 17.8. The van der Waals surface area contributed by atoms with Gasteiger partial charge in [0.1, 0.15) is 0 Å². The Labute approximate surface area is 356 Å². The van der Waals surface area contributed by atoms with Gasteiger partial charge in [0.05, 0.1) is 31.3 Å². The Morgan fingerprint density at radius 2 is 0.754 bits per heavy atom. The Bertz CT molecular complexity index is 844. The molecule has 0 aromatic rings. The van der Waals surface area contributed by atoms with Crippen LogP contribution in [-0.4, -0.2) is 46.1 Å². The number of hydrogen-bond donors (Lipinski definition) is 4. The average Bonchev–Trinajstić information content (AvgIpc) is 3.20. The van der Waals surface area contributed by atoms with Gasteiger partial charge >= 0.3 is 0 Å². The van der Waals surface area contributed by atoms with Crippen molar-refractivity contribution in [1.82, 2.24) is 5.32 Å². The van der Waals surface area contributed by atoms with E-state index in [2.05, 4.69) is 31.3 Å². The molecule has 0 aromatic carbocycles. The first-order valence-electron chi connectivity index (χ1n) is 25.6. The van der Waals surface area contributed by atoms with Crippen molar-refractivity contribution in [3.8, 4) is 0 Å². The highest BCUT2D eigenvalue weighted by molar-refractivity contribution is 5.76. The molecule has 0 saturated heterocycles. The van der Waals surface area contributed by atoms with E-state index in [4.69, 9.17) is 0 Å². The van der Waals surface area contributed by atoms with Crippen LogP contribution in [0.25, 0.3) is 0 Å². The Kier molecular flexibility index (Phi) is 46.5. The molecule has 0 spiro atoms. The van der Waals surface area contributed by atoms with Gasteiger partial charge in [0.2, 0.25) is 5.91 Å². The van der Waals surface area contributed by atoms with E-state index in [-0.39, 0.29) is 18.9 Å². The largest absolute Gasteiger partial charge is 0.394 e. The molecule has 0 bridgehead atoms. The number of aliphatic hydroxyl groups is 3. The van der Waals surface area contributed by atoms with Crippen molar-refractivity contribution in [2.24, 2.45) is 0 Å². The van der Waals surface area contributed by atoms with E-state index >= 15 is 0 Å². The molecule has 0 aliphatic carbocycles. The lowest BCUT2D eigenvalue weighted by atomic mass is 10.0. The molecular weight excluding hydrogens is 703 g/mol. The van der Waals surface area contributed by atoms with E-state index < -0.39 is 18.2 Å². The van der Waals surface area contributed by atoms with E-state index in [9.17, 15) is 20.1 Å². The van der Waals surface area contributed by atoms with Crippen LogP contribution >= 0.6 is 0 Å². The van der Waals surface area contributed by atoms with Crippen molar-refractivity contribution >= 4 is 5.91 Å². The van der Waals surface area contributed by atoms with Gasteiger partial charge in [-0.1, -0.05) is 263 Å². The van der Waals surface area contributed by atoms with Crippen molar-refractivity contribution in [3.05, 3.63) is 24.3 Å². The highest BCUT2D eigenvalue weighted by Gasteiger charge is 2.20. The van der Waals surface area contributed by atoms with Crippen molar-refractivity contribution < 1.29 is 20.1 Å². The predicted molar refractivity (Wildman–Crippen MR) is 250 cm³/mol. The summed E-state index contributed by atoms with van der Waals surface area (Å²) in [4.78, 5) is 12.4. The molecule has 1 amide bonds. The quantitative estimate of drug-likeness (QED) is 0.0364. The number of carbonyl (C=O) groups excluding carboxylic acids is 1. The van der Waals surface area contributed by atoms with E-state index in [0.29, 0.717) is 6.42 Å². The van der Waals surface area contributed by atoms with Gasteiger partial charge in [0, 0.05) is 0 Å². The lowest BCUT2D eigenvalue weighted by Gasteiger charge is -2.21. The highest BCUT2D eigenvalue weighted by atomic mass is 16.3. The minimum atomic E-state index is -0.948. The molecule has 5 heteroatoms. The van der Waals surface area contributed by atoms with Gasteiger partial charge in [-0.05, 0) is 32.1 Å². The number of carbonyl (C=O) groups is 1. The Morgan fingerprint density at radius 3 is 1.12 bits per heavy atom. The number of allylic oxidation sites excluding steroid dienone is 3. The number of nitrogens with one attached hydrogen (secondary N) is 1. The van der Waals surface area contributed by atoms with Gasteiger partial charge in [0.15, 0.2) is 0 Å². The molecule has 57 heavy (non-hydrogen) atoms. The third-order valence-electron chi connectivity index (χ3n) is 12.0. The van der Waals surface area contributed by atoms with E-state index in [1.165, 1.54) is 218 Å². The fourth-order valence-corrected chi connectivity index (χ4v) is 8.06. The van der Waals surface area contributed by atoms with Crippen LogP contribution in [0.15, 0.2) is 24.3 Å². The average molecular weight is 804 g/mol. The van der Waals surface area contributed by atoms with Gasteiger partial charge in [-0.25, -0.2) is 0 Å². The Balaban J connectivity index is 3.49. The molecule has 338 valence electrons. The lowest BCUT2D eigenvalue weighted by Crippen LogP contribution is -2.45. The number of amides is 1. The van der Waals surface area contributed by atoms with Gasteiger partial charge < -0.3 is 20.6 Å². The minimum Gasteiger partial charge on any atom is -0.394 e. The normalized spacial score (nSPS) is 13.6. The third-order valence-corrected chi connectivity index (χ3v) is 12.0. The third kappa shape index (κ3) is 44.2. The summed E-state index contributed by atoms with van der Waals surface area (Å²) >= 11 is 0. The molecule has 0 heterocycles. The van der Waals surface area contributed by atoms with Crippen LogP contribution in [0.4, 0.5) is 0 Å². The molecule has 0 aliphatic rings. The first kappa shape index (κ1) is 55.8. The van der Waals surface area contributed by atoms with Crippen LogP contribution in [0.1, 0.15) is 277 Å². The Hall–Kier alpha value is -1.17. The smallest absolute Gasteiger partial charge is 0.222 e. The predicted octanol–water partition coefficient (Wildman–Crippen LogP) is 15.3. The molecule has 0 radical (unpaired) electrons. The standard InChI is InChI=1S/C52H101NO4/c1-3-5-7-9-11-13-15-17-18-19-20-21-22-23-24-25-26-27-28-29-30-31-32-33-34-35-37-39-41-43-45-49(55)47-52(57)53-50(48-54)51(56)46-44-42-40-38-36-16-14-12-10-8-6-4-2/h36,38,44,46,49-51,54-56H,3-35,37,39-43,45,47-48H2,1-2H3,(H,53,57)/b38-36+,46-44+. The molecule has 0 rings (SSSR count). The highest BCUT2D eigenvalue weighted by Crippen LogP contribution is 2.17. The van der Waals surface area contributed by atoms with Crippen LogP contribution in [0.2, 0.25) is 0 Å². The second-order valence-electron chi connectivity index (χ2n) is 17.8.